The van der Waals surface area contributed by atoms with Gasteiger partial charge < -0.3 is 10.2 Å². The van der Waals surface area contributed by atoms with E-state index in [-0.39, 0.29) is 23.5 Å². The van der Waals surface area contributed by atoms with E-state index >= 15 is 4.39 Å². The summed E-state index contributed by atoms with van der Waals surface area (Å²) in [5.74, 6) is -1.10. The summed E-state index contributed by atoms with van der Waals surface area (Å²) < 4.78 is 15.0. The lowest BCUT2D eigenvalue weighted by Crippen LogP contribution is -2.44. The van der Waals surface area contributed by atoms with E-state index in [1.54, 1.807) is 62.9 Å². The number of thiazole rings is 1. The third kappa shape index (κ3) is 4.40. The van der Waals surface area contributed by atoms with E-state index in [1.165, 1.54) is 28.5 Å². The lowest BCUT2D eigenvalue weighted by atomic mass is 10.0. The molecule has 1 aromatic heterocycles. The molecule has 35 heavy (non-hydrogen) atoms. The second-order valence-corrected chi connectivity index (χ2v) is 10.2. The van der Waals surface area contributed by atoms with E-state index in [0.29, 0.717) is 27.5 Å². The van der Waals surface area contributed by atoms with E-state index in [9.17, 15) is 9.59 Å². The first-order valence-corrected chi connectivity index (χ1v) is 11.9. The van der Waals surface area contributed by atoms with Gasteiger partial charge in [-0.3, -0.25) is 14.5 Å². The molecule has 178 valence electrons. The van der Waals surface area contributed by atoms with Gasteiger partial charge >= 0.3 is 0 Å². The Hall–Kier alpha value is -3.68. The van der Waals surface area contributed by atoms with Crippen molar-refractivity contribution in [3.8, 4) is 0 Å². The monoisotopic (exact) mass is 507 g/mol. The average Bonchev–Trinajstić information content (AvgIpc) is 3.31. The number of halogens is 1. The van der Waals surface area contributed by atoms with Gasteiger partial charge in [0.2, 0.25) is 0 Å². The van der Waals surface area contributed by atoms with E-state index in [2.05, 4.69) is 15.1 Å². The molecule has 4 rings (SSSR count). The van der Waals surface area contributed by atoms with E-state index < -0.39 is 11.4 Å². The van der Waals surface area contributed by atoms with Crippen molar-refractivity contribution in [1.29, 1.82) is 0 Å². The molecule has 1 saturated heterocycles. The highest BCUT2D eigenvalue weighted by Gasteiger charge is 2.50. The summed E-state index contributed by atoms with van der Waals surface area (Å²) in [6.45, 7) is 14.3. The minimum atomic E-state index is -1.06. The fourth-order valence-electron chi connectivity index (χ4n) is 3.91. The first-order chi connectivity index (χ1) is 16.5. The van der Waals surface area contributed by atoms with Crippen LogP contribution in [-0.4, -0.2) is 27.4 Å². The standard InChI is InChI=1S/C25H22FN5O2S2/c1-14-10-17(8-9-20(14)27-5)30-23(33)25(3,4)31(24(30)34)18-7-6-16(19(26)11-18)12-29-22(32)21-13-28-15(2)35-21/h6-11,13H,12H2,1-4H3,(H,29,32). The third-order valence-corrected chi connectivity index (χ3v) is 7.08. The van der Waals surface area contributed by atoms with Crippen LogP contribution in [0.4, 0.5) is 21.5 Å². The Kier molecular flexibility index (Phi) is 6.40. The molecule has 0 spiro atoms. The molecule has 2 aromatic carbocycles. The molecule has 0 aliphatic carbocycles. The molecule has 0 radical (unpaired) electrons. The zero-order chi connectivity index (χ0) is 25.5. The number of aryl methyl sites for hydroxylation is 2. The van der Waals surface area contributed by atoms with Crippen molar-refractivity contribution in [1.82, 2.24) is 10.3 Å². The Balaban J connectivity index is 1.58. The molecular formula is C25H22FN5O2S2. The maximum absolute atomic E-state index is 15.0. The fraction of sp³-hybridized carbons (Fsp3) is 0.240. The number of carbonyl (C=O) groups excluding carboxylic acids is 2. The lowest BCUT2D eigenvalue weighted by Gasteiger charge is -2.29. The number of nitrogens with zero attached hydrogens (tertiary/aromatic N) is 4. The molecule has 1 aliphatic rings. The van der Waals surface area contributed by atoms with Crippen LogP contribution in [0.5, 0.6) is 0 Å². The number of rotatable bonds is 5. The van der Waals surface area contributed by atoms with Gasteiger partial charge in [0, 0.05) is 23.5 Å². The minimum absolute atomic E-state index is 0.00741. The summed E-state index contributed by atoms with van der Waals surface area (Å²) in [6.07, 6.45) is 1.49. The summed E-state index contributed by atoms with van der Waals surface area (Å²) in [6, 6.07) is 9.65. The molecule has 0 saturated carbocycles. The van der Waals surface area contributed by atoms with Crippen molar-refractivity contribution in [3.63, 3.8) is 0 Å². The summed E-state index contributed by atoms with van der Waals surface area (Å²) in [5.41, 5.74) is 1.46. The van der Waals surface area contributed by atoms with Crippen LogP contribution in [0.3, 0.4) is 0 Å². The molecule has 1 aliphatic heterocycles. The van der Waals surface area contributed by atoms with Gasteiger partial charge in [-0.2, -0.15) is 0 Å². The number of nitrogens with one attached hydrogen (secondary N) is 1. The van der Waals surface area contributed by atoms with Crippen LogP contribution >= 0.6 is 23.6 Å². The molecule has 0 atom stereocenters. The predicted molar refractivity (Wildman–Crippen MR) is 139 cm³/mol. The number of benzene rings is 2. The Morgan fingerprint density at radius 3 is 2.54 bits per heavy atom. The van der Waals surface area contributed by atoms with Crippen molar-refractivity contribution < 1.29 is 14.0 Å². The molecular weight excluding hydrogens is 485 g/mol. The smallest absolute Gasteiger partial charge is 0.263 e. The first kappa shape index (κ1) is 24.4. The van der Waals surface area contributed by atoms with Crippen molar-refractivity contribution >= 4 is 57.5 Å². The summed E-state index contributed by atoms with van der Waals surface area (Å²) in [4.78, 5) is 36.6. The molecule has 3 aromatic rings. The van der Waals surface area contributed by atoms with Gasteiger partial charge in [-0.1, -0.05) is 12.1 Å². The van der Waals surface area contributed by atoms with Crippen LogP contribution in [0.2, 0.25) is 0 Å². The maximum atomic E-state index is 15.0. The normalized spacial score (nSPS) is 14.9. The van der Waals surface area contributed by atoms with Crippen LogP contribution in [0.15, 0.2) is 42.6 Å². The van der Waals surface area contributed by atoms with Crippen molar-refractivity contribution in [2.24, 2.45) is 0 Å². The number of anilines is 2. The number of amides is 2. The first-order valence-electron chi connectivity index (χ1n) is 10.7. The van der Waals surface area contributed by atoms with Gasteiger partial charge in [-0.15, -0.1) is 11.3 Å². The van der Waals surface area contributed by atoms with E-state index in [4.69, 9.17) is 18.8 Å². The quantitative estimate of drug-likeness (QED) is 0.375. The molecule has 1 N–H and O–H groups in total. The van der Waals surface area contributed by atoms with Gasteiger partial charge in [-0.25, -0.2) is 14.2 Å². The highest BCUT2D eigenvalue weighted by atomic mass is 32.1. The fourth-order valence-corrected chi connectivity index (χ4v) is 5.12. The largest absolute Gasteiger partial charge is 0.347 e. The number of carbonyl (C=O) groups is 2. The predicted octanol–water partition coefficient (Wildman–Crippen LogP) is 5.30. The maximum Gasteiger partial charge on any atom is 0.263 e. The molecule has 0 bridgehead atoms. The Labute approximate surface area is 212 Å². The van der Waals surface area contributed by atoms with E-state index in [0.717, 1.165) is 10.6 Å². The van der Waals surface area contributed by atoms with Crippen molar-refractivity contribution in [2.75, 3.05) is 9.80 Å². The number of hydrogen-bond donors (Lipinski definition) is 1. The van der Waals surface area contributed by atoms with E-state index in [1.807, 2.05) is 0 Å². The van der Waals surface area contributed by atoms with Crippen molar-refractivity contribution in [2.45, 2.75) is 39.8 Å². The number of thiocarbonyl (C=S) groups is 1. The van der Waals surface area contributed by atoms with Crippen LogP contribution < -0.4 is 15.1 Å². The van der Waals surface area contributed by atoms with Gasteiger partial charge in [-0.05, 0) is 69.7 Å². The zero-order valence-electron chi connectivity index (χ0n) is 19.5. The van der Waals surface area contributed by atoms with Gasteiger partial charge in [0.05, 0.1) is 17.8 Å². The molecule has 10 heteroatoms. The Morgan fingerprint density at radius 2 is 1.94 bits per heavy atom. The number of aromatic nitrogens is 1. The summed E-state index contributed by atoms with van der Waals surface area (Å²) in [5, 5.41) is 3.69. The highest BCUT2D eigenvalue weighted by Crippen LogP contribution is 2.38. The van der Waals surface area contributed by atoms with Gasteiger partial charge in [0.15, 0.2) is 10.8 Å². The molecule has 7 nitrogen and oxygen atoms in total. The van der Waals surface area contributed by atoms with Crippen LogP contribution in [0.1, 0.15) is 39.7 Å². The van der Waals surface area contributed by atoms with Crippen LogP contribution in [-0.2, 0) is 11.3 Å². The molecule has 0 unspecified atom stereocenters. The topological polar surface area (TPSA) is 69.9 Å². The second-order valence-electron chi connectivity index (χ2n) is 8.60. The van der Waals surface area contributed by atoms with Gasteiger partial charge in [0.25, 0.3) is 11.8 Å². The third-order valence-electron chi connectivity index (χ3n) is 5.81. The SMILES string of the molecule is [C-]#[N+]c1ccc(N2C(=O)C(C)(C)N(c3ccc(CNC(=O)c4cnc(C)s4)c(F)c3)C2=S)cc1C. The number of hydrogen-bond acceptors (Lipinski definition) is 5. The lowest BCUT2D eigenvalue weighted by molar-refractivity contribution is -0.120. The Morgan fingerprint density at radius 1 is 1.23 bits per heavy atom. The minimum Gasteiger partial charge on any atom is -0.347 e. The molecule has 1 fully saturated rings. The van der Waals surface area contributed by atoms with Gasteiger partial charge in [0.1, 0.15) is 16.2 Å². The molecule has 2 amide bonds. The van der Waals surface area contributed by atoms with Crippen molar-refractivity contribution in [3.05, 3.63) is 80.8 Å². The highest BCUT2D eigenvalue weighted by molar-refractivity contribution is 7.81. The van der Waals surface area contributed by atoms with Crippen LogP contribution in [0, 0.1) is 26.2 Å². The zero-order valence-corrected chi connectivity index (χ0v) is 21.2. The molecule has 2 heterocycles. The summed E-state index contributed by atoms with van der Waals surface area (Å²) >= 11 is 6.93. The second kappa shape index (κ2) is 9.17. The summed E-state index contributed by atoms with van der Waals surface area (Å²) in [7, 11) is 0. The van der Waals surface area contributed by atoms with Crippen LogP contribution in [0.25, 0.3) is 4.85 Å². The Bertz CT molecular complexity index is 1410. The average molecular weight is 508 g/mol.